The molecule has 20 heavy (non-hydrogen) atoms. The number of nitrogens with one attached hydrogen (secondary N) is 1. The normalized spacial score (nSPS) is 16.6. The lowest BCUT2D eigenvalue weighted by molar-refractivity contribution is 0.169. The van der Waals surface area contributed by atoms with E-state index in [0.717, 1.165) is 31.3 Å². The molecule has 3 nitrogen and oxygen atoms in total. The van der Waals surface area contributed by atoms with Crippen molar-refractivity contribution in [2.75, 3.05) is 13.1 Å². The highest BCUT2D eigenvalue weighted by molar-refractivity contribution is 5.13. The Labute approximate surface area is 123 Å². The summed E-state index contributed by atoms with van der Waals surface area (Å²) >= 11 is 0. The average Bonchev–Trinajstić information content (AvgIpc) is 2.76. The van der Waals surface area contributed by atoms with Crippen molar-refractivity contribution in [2.45, 2.75) is 65.6 Å². The van der Waals surface area contributed by atoms with E-state index >= 15 is 0 Å². The van der Waals surface area contributed by atoms with Crippen LogP contribution in [0.1, 0.15) is 58.3 Å². The third-order valence-corrected chi connectivity index (χ3v) is 4.10. The van der Waals surface area contributed by atoms with E-state index in [1.165, 1.54) is 31.4 Å². The summed E-state index contributed by atoms with van der Waals surface area (Å²) < 4.78 is 5.71. The Morgan fingerprint density at radius 1 is 1.35 bits per heavy atom. The van der Waals surface area contributed by atoms with E-state index in [-0.39, 0.29) is 5.54 Å². The van der Waals surface area contributed by atoms with E-state index < -0.39 is 0 Å². The number of hydrogen-bond acceptors (Lipinski definition) is 3. The number of furan rings is 1. The second kappa shape index (κ2) is 6.77. The zero-order chi connectivity index (χ0) is 14.6. The van der Waals surface area contributed by atoms with Gasteiger partial charge in [0, 0.05) is 24.2 Å². The van der Waals surface area contributed by atoms with Crippen LogP contribution >= 0.6 is 0 Å². The highest BCUT2D eigenvalue weighted by Crippen LogP contribution is 2.27. The zero-order valence-electron chi connectivity index (χ0n) is 13.5. The van der Waals surface area contributed by atoms with Crippen LogP contribution in [-0.2, 0) is 13.1 Å². The summed E-state index contributed by atoms with van der Waals surface area (Å²) in [4.78, 5) is 2.50. The number of nitrogens with zero attached hydrogens (tertiary/aromatic N) is 1. The van der Waals surface area contributed by atoms with Gasteiger partial charge < -0.3 is 9.73 Å². The zero-order valence-corrected chi connectivity index (χ0v) is 13.5. The minimum Gasteiger partial charge on any atom is -0.468 e. The first-order valence-corrected chi connectivity index (χ1v) is 8.00. The Balaban J connectivity index is 1.81. The van der Waals surface area contributed by atoms with E-state index in [2.05, 4.69) is 44.0 Å². The smallest absolute Gasteiger partial charge is 0.118 e. The van der Waals surface area contributed by atoms with Gasteiger partial charge in [0.15, 0.2) is 0 Å². The molecule has 0 bridgehead atoms. The molecule has 3 heteroatoms. The van der Waals surface area contributed by atoms with Gasteiger partial charge in [-0.15, -0.1) is 0 Å². The Morgan fingerprint density at radius 2 is 2.10 bits per heavy atom. The molecule has 1 aliphatic rings. The average molecular weight is 278 g/mol. The lowest BCUT2D eigenvalue weighted by Crippen LogP contribution is -2.34. The monoisotopic (exact) mass is 278 g/mol. The Morgan fingerprint density at radius 3 is 2.65 bits per heavy atom. The first-order valence-electron chi connectivity index (χ1n) is 8.00. The summed E-state index contributed by atoms with van der Waals surface area (Å²) in [6.45, 7) is 13.0. The standard InChI is InChI=1S/C17H30N2O/c1-5-19(11-14-7-6-8-14)12-16-9-15(13-20-16)10-18-17(2,3)4/h9,13-14,18H,5-8,10-12H2,1-4H3. The second-order valence-electron chi connectivity index (χ2n) is 7.15. The quantitative estimate of drug-likeness (QED) is 0.822. The molecule has 2 rings (SSSR count). The summed E-state index contributed by atoms with van der Waals surface area (Å²) in [6.07, 6.45) is 6.14. The SMILES string of the molecule is CCN(Cc1cc(CNC(C)(C)C)co1)CC1CCC1. The molecule has 114 valence electrons. The fourth-order valence-electron chi connectivity index (χ4n) is 2.54. The van der Waals surface area contributed by atoms with Gasteiger partial charge in [-0.25, -0.2) is 0 Å². The predicted octanol–water partition coefficient (Wildman–Crippen LogP) is 3.79. The molecule has 0 unspecified atom stereocenters. The van der Waals surface area contributed by atoms with Crippen LogP contribution in [0.2, 0.25) is 0 Å². The topological polar surface area (TPSA) is 28.4 Å². The number of rotatable bonds is 7. The molecule has 0 spiro atoms. The van der Waals surface area contributed by atoms with Gasteiger partial charge in [-0.2, -0.15) is 0 Å². The molecule has 1 saturated carbocycles. The molecule has 0 atom stereocenters. The largest absolute Gasteiger partial charge is 0.468 e. The molecule has 0 aromatic carbocycles. The molecular weight excluding hydrogens is 248 g/mol. The van der Waals surface area contributed by atoms with Crippen molar-refractivity contribution < 1.29 is 4.42 Å². The molecule has 1 aromatic rings. The van der Waals surface area contributed by atoms with Gasteiger partial charge in [0.05, 0.1) is 12.8 Å². The molecule has 1 heterocycles. The highest BCUT2D eigenvalue weighted by Gasteiger charge is 2.20. The van der Waals surface area contributed by atoms with Crippen LogP contribution in [0.25, 0.3) is 0 Å². The summed E-state index contributed by atoms with van der Waals surface area (Å²) in [5.74, 6) is 2.02. The van der Waals surface area contributed by atoms with E-state index in [1.807, 2.05) is 6.26 Å². The third-order valence-electron chi connectivity index (χ3n) is 4.10. The maximum Gasteiger partial charge on any atom is 0.118 e. The Bertz CT molecular complexity index is 401. The van der Waals surface area contributed by atoms with Crippen molar-refractivity contribution in [3.8, 4) is 0 Å². The van der Waals surface area contributed by atoms with E-state index in [1.54, 1.807) is 0 Å². The van der Waals surface area contributed by atoms with Crippen LogP contribution in [0.3, 0.4) is 0 Å². The summed E-state index contributed by atoms with van der Waals surface area (Å²) in [6, 6.07) is 2.20. The summed E-state index contributed by atoms with van der Waals surface area (Å²) in [5, 5.41) is 3.50. The van der Waals surface area contributed by atoms with Gasteiger partial charge in [0.25, 0.3) is 0 Å². The first-order chi connectivity index (χ1) is 9.46. The maximum atomic E-state index is 5.71. The van der Waals surface area contributed by atoms with Crippen molar-refractivity contribution in [2.24, 2.45) is 5.92 Å². The lowest BCUT2D eigenvalue weighted by Gasteiger charge is -2.31. The molecule has 1 fully saturated rings. The van der Waals surface area contributed by atoms with Crippen LogP contribution in [0.4, 0.5) is 0 Å². The maximum absolute atomic E-state index is 5.71. The predicted molar refractivity (Wildman–Crippen MR) is 83.6 cm³/mol. The third kappa shape index (κ3) is 4.95. The lowest BCUT2D eigenvalue weighted by atomic mass is 9.85. The van der Waals surface area contributed by atoms with Crippen LogP contribution < -0.4 is 5.32 Å². The molecule has 0 aliphatic heterocycles. The van der Waals surface area contributed by atoms with Crippen LogP contribution in [0, 0.1) is 5.92 Å². The molecular formula is C17H30N2O. The molecule has 1 aromatic heterocycles. The molecule has 0 radical (unpaired) electrons. The van der Waals surface area contributed by atoms with Gasteiger partial charge in [0.1, 0.15) is 5.76 Å². The fourth-order valence-corrected chi connectivity index (χ4v) is 2.54. The van der Waals surface area contributed by atoms with Gasteiger partial charge in [-0.1, -0.05) is 13.3 Å². The van der Waals surface area contributed by atoms with Crippen molar-refractivity contribution >= 4 is 0 Å². The van der Waals surface area contributed by atoms with Crippen LogP contribution in [-0.4, -0.2) is 23.5 Å². The van der Waals surface area contributed by atoms with Gasteiger partial charge >= 0.3 is 0 Å². The second-order valence-corrected chi connectivity index (χ2v) is 7.15. The molecule has 1 N–H and O–H groups in total. The minimum absolute atomic E-state index is 0.150. The van der Waals surface area contributed by atoms with E-state index in [9.17, 15) is 0 Å². The van der Waals surface area contributed by atoms with Crippen molar-refractivity contribution in [3.63, 3.8) is 0 Å². The van der Waals surface area contributed by atoms with Crippen molar-refractivity contribution in [1.29, 1.82) is 0 Å². The van der Waals surface area contributed by atoms with Crippen LogP contribution in [0.15, 0.2) is 16.7 Å². The molecule has 0 saturated heterocycles. The molecule has 1 aliphatic carbocycles. The van der Waals surface area contributed by atoms with Crippen LogP contribution in [0.5, 0.6) is 0 Å². The Kier molecular flexibility index (Phi) is 5.28. The summed E-state index contributed by atoms with van der Waals surface area (Å²) in [5.41, 5.74) is 1.39. The van der Waals surface area contributed by atoms with Gasteiger partial charge in [-0.3, -0.25) is 4.90 Å². The first kappa shape index (κ1) is 15.6. The summed E-state index contributed by atoms with van der Waals surface area (Å²) in [7, 11) is 0. The van der Waals surface area contributed by atoms with E-state index in [4.69, 9.17) is 4.42 Å². The van der Waals surface area contributed by atoms with Gasteiger partial charge in [-0.05, 0) is 52.1 Å². The highest BCUT2D eigenvalue weighted by atomic mass is 16.3. The van der Waals surface area contributed by atoms with Crippen molar-refractivity contribution in [3.05, 3.63) is 23.7 Å². The van der Waals surface area contributed by atoms with E-state index in [0.29, 0.717) is 0 Å². The fraction of sp³-hybridized carbons (Fsp3) is 0.765. The van der Waals surface area contributed by atoms with Crippen molar-refractivity contribution in [1.82, 2.24) is 10.2 Å². The van der Waals surface area contributed by atoms with Gasteiger partial charge in [0.2, 0.25) is 0 Å². The Hall–Kier alpha value is -0.800. The molecule has 0 amide bonds. The minimum atomic E-state index is 0.150. The number of hydrogen-bond donors (Lipinski definition) is 1.